The highest BCUT2D eigenvalue weighted by molar-refractivity contribution is 6.30. The number of carbonyl (C=O) groups excluding carboxylic acids is 1. The zero-order valence-corrected chi connectivity index (χ0v) is 14.7. The van der Waals surface area contributed by atoms with E-state index in [1.165, 1.54) is 14.2 Å². The van der Waals surface area contributed by atoms with Crippen LogP contribution in [0, 0.1) is 0 Å². The molecule has 5 nitrogen and oxygen atoms in total. The number of methoxy groups -OCH3 is 2. The van der Waals surface area contributed by atoms with Gasteiger partial charge in [-0.3, -0.25) is 0 Å². The van der Waals surface area contributed by atoms with Gasteiger partial charge in [0, 0.05) is 5.02 Å². The third-order valence-electron chi connectivity index (χ3n) is 3.26. The molecule has 0 atom stereocenters. The highest BCUT2D eigenvalue weighted by Gasteiger charge is 2.34. The molecule has 0 fully saturated rings. The molecule has 0 saturated carbocycles. The smallest absolute Gasteiger partial charge is 0.355 e. The van der Waals surface area contributed by atoms with Crippen LogP contribution < -0.4 is 18.9 Å². The van der Waals surface area contributed by atoms with Gasteiger partial charge in [0.2, 0.25) is 11.4 Å². The van der Waals surface area contributed by atoms with E-state index in [9.17, 15) is 4.79 Å². The molecule has 2 aromatic carbocycles. The summed E-state index contributed by atoms with van der Waals surface area (Å²) in [4.78, 5) is 12.6. The zero-order valence-electron chi connectivity index (χ0n) is 14.0. The number of rotatable bonds is 6. The lowest BCUT2D eigenvalue weighted by atomic mass is 10.1. The number of halogens is 1. The first-order valence-electron chi connectivity index (χ1n) is 7.25. The van der Waals surface area contributed by atoms with Crippen LogP contribution in [0.2, 0.25) is 5.02 Å². The maximum atomic E-state index is 12.6. The van der Waals surface area contributed by atoms with Crippen LogP contribution in [0.25, 0.3) is 0 Å². The molecule has 128 valence electrons. The average Bonchev–Trinajstić information content (AvgIpc) is 2.56. The van der Waals surface area contributed by atoms with Gasteiger partial charge in [0.25, 0.3) is 0 Å². The molecule has 0 N–H and O–H groups in total. The van der Waals surface area contributed by atoms with Gasteiger partial charge in [0.1, 0.15) is 5.75 Å². The number of para-hydroxylation sites is 1. The molecule has 6 heteroatoms. The third kappa shape index (κ3) is 4.11. The van der Waals surface area contributed by atoms with Crippen molar-refractivity contribution in [3.8, 4) is 23.0 Å². The van der Waals surface area contributed by atoms with Crippen LogP contribution in [0.1, 0.15) is 13.8 Å². The van der Waals surface area contributed by atoms with Gasteiger partial charge < -0.3 is 18.9 Å². The third-order valence-corrected chi connectivity index (χ3v) is 3.51. The van der Waals surface area contributed by atoms with Crippen molar-refractivity contribution in [2.24, 2.45) is 0 Å². The molecule has 24 heavy (non-hydrogen) atoms. The fraction of sp³-hybridized carbons (Fsp3) is 0.278. The highest BCUT2D eigenvalue weighted by Crippen LogP contribution is 2.37. The molecule has 0 radical (unpaired) electrons. The van der Waals surface area contributed by atoms with Crippen LogP contribution in [-0.4, -0.2) is 25.8 Å². The summed E-state index contributed by atoms with van der Waals surface area (Å²) in [6.45, 7) is 3.23. The molecule has 0 unspecified atom stereocenters. The Morgan fingerprint density at radius 1 is 0.958 bits per heavy atom. The van der Waals surface area contributed by atoms with Crippen molar-refractivity contribution >= 4 is 17.6 Å². The Morgan fingerprint density at radius 3 is 2.00 bits per heavy atom. The molecule has 0 saturated heterocycles. The number of carbonyl (C=O) groups is 1. The lowest BCUT2D eigenvalue weighted by molar-refractivity contribution is -0.149. The summed E-state index contributed by atoms with van der Waals surface area (Å²) in [5.41, 5.74) is -1.22. The number of ether oxygens (including phenoxy) is 4. The summed E-state index contributed by atoms with van der Waals surface area (Å²) in [7, 11) is 2.98. The Balaban J connectivity index is 2.20. The van der Waals surface area contributed by atoms with Crippen LogP contribution in [-0.2, 0) is 4.79 Å². The Labute approximate surface area is 146 Å². The summed E-state index contributed by atoms with van der Waals surface area (Å²) in [6, 6.07) is 11.8. The van der Waals surface area contributed by atoms with Crippen molar-refractivity contribution in [2.75, 3.05) is 14.2 Å². The molecule has 2 rings (SSSR count). The summed E-state index contributed by atoms with van der Waals surface area (Å²) in [6.07, 6.45) is 0. The van der Waals surface area contributed by atoms with Crippen molar-refractivity contribution in [2.45, 2.75) is 19.4 Å². The van der Waals surface area contributed by atoms with E-state index in [1.807, 2.05) is 0 Å². The van der Waals surface area contributed by atoms with Crippen molar-refractivity contribution in [1.29, 1.82) is 0 Å². The molecule has 0 heterocycles. The van der Waals surface area contributed by atoms with Gasteiger partial charge in [-0.2, -0.15) is 0 Å². The van der Waals surface area contributed by atoms with Crippen molar-refractivity contribution in [3.05, 3.63) is 47.5 Å². The van der Waals surface area contributed by atoms with E-state index in [4.69, 9.17) is 30.5 Å². The predicted octanol–water partition coefficient (Wildman–Crippen LogP) is 4.12. The second-order valence-electron chi connectivity index (χ2n) is 5.45. The monoisotopic (exact) mass is 350 g/mol. The minimum Gasteiger partial charge on any atom is -0.493 e. The Kier molecular flexibility index (Phi) is 5.57. The molecular formula is C18H19ClO5. The van der Waals surface area contributed by atoms with E-state index < -0.39 is 11.6 Å². The first-order chi connectivity index (χ1) is 11.4. The van der Waals surface area contributed by atoms with Crippen LogP contribution >= 0.6 is 11.6 Å². The number of hydrogen-bond donors (Lipinski definition) is 0. The van der Waals surface area contributed by atoms with Crippen LogP contribution in [0.4, 0.5) is 0 Å². The van der Waals surface area contributed by atoms with Gasteiger partial charge in [-0.15, -0.1) is 0 Å². The van der Waals surface area contributed by atoms with E-state index in [0.717, 1.165) is 0 Å². The standard InChI is InChI=1S/C18H19ClO5/c1-18(2,24-13-10-8-12(19)9-11-13)17(20)23-16-14(21-3)6-5-7-15(16)22-4/h5-11H,1-4H3. The highest BCUT2D eigenvalue weighted by atomic mass is 35.5. The second-order valence-corrected chi connectivity index (χ2v) is 5.88. The summed E-state index contributed by atoms with van der Waals surface area (Å²) in [5, 5.41) is 0.585. The van der Waals surface area contributed by atoms with Gasteiger partial charge in [0.15, 0.2) is 11.5 Å². The van der Waals surface area contributed by atoms with E-state index >= 15 is 0 Å². The molecule has 0 spiro atoms. The lowest BCUT2D eigenvalue weighted by Crippen LogP contribution is -2.41. The first kappa shape index (κ1) is 17.9. The van der Waals surface area contributed by atoms with Gasteiger partial charge in [-0.05, 0) is 50.2 Å². The SMILES string of the molecule is COc1cccc(OC)c1OC(=O)C(C)(C)Oc1ccc(Cl)cc1. The predicted molar refractivity (Wildman–Crippen MR) is 91.3 cm³/mol. The number of benzene rings is 2. The van der Waals surface area contributed by atoms with E-state index in [1.54, 1.807) is 56.3 Å². The Morgan fingerprint density at radius 2 is 1.50 bits per heavy atom. The largest absolute Gasteiger partial charge is 0.493 e. The zero-order chi connectivity index (χ0) is 17.7. The van der Waals surface area contributed by atoms with Gasteiger partial charge in [-0.25, -0.2) is 4.79 Å². The number of hydrogen-bond acceptors (Lipinski definition) is 5. The van der Waals surface area contributed by atoms with Crippen LogP contribution in [0.15, 0.2) is 42.5 Å². The summed E-state index contributed by atoms with van der Waals surface area (Å²) < 4.78 is 21.6. The van der Waals surface area contributed by atoms with Gasteiger partial charge in [-0.1, -0.05) is 17.7 Å². The molecule has 0 aromatic heterocycles. The molecule has 0 bridgehead atoms. The van der Waals surface area contributed by atoms with Crippen molar-refractivity contribution in [3.63, 3.8) is 0 Å². The van der Waals surface area contributed by atoms with E-state index in [-0.39, 0.29) is 5.75 Å². The Bertz CT molecular complexity index is 688. The quantitative estimate of drug-likeness (QED) is 0.579. The molecule has 2 aromatic rings. The molecule has 0 amide bonds. The van der Waals surface area contributed by atoms with Crippen molar-refractivity contribution < 1.29 is 23.7 Å². The normalized spacial score (nSPS) is 10.9. The maximum Gasteiger partial charge on any atom is 0.355 e. The fourth-order valence-electron chi connectivity index (χ4n) is 1.97. The van der Waals surface area contributed by atoms with Crippen LogP contribution in [0.3, 0.4) is 0 Å². The lowest BCUT2D eigenvalue weighted by Gasteiger charge is -2.25. The minimum atomic E-state index is -1.22. The van der Waals surface area contributed by atoms with E-state index in [2.05, 4.69) is 0 Å². The first-order valence-corrected chi connectivity index (χ1v) is 7.63. The second kappa shape index (κ2) is 7.45. The molecular weight excluding hydrogens is 332 g/mol. The average molecular weight is 351 g/mol. The van der Waals surface area contributed by atoms with Gasteiger partial charge in [0.05, 0.1) is 14.2 Å². The Hall–Kier alpha value is -2.40. The molecule has 0 aliphatic rings. The molecule has 0 aliphatic heterocycles. The summed E-state index contributed by atoms with van der Waals surface area (Å²) in [5.74, 6) is 0.920. The summed E-state index contributed by atoms with van der Waals surface area (Å²) >= 11 is 5.84. The van der Waals surface area contributed by atoms with Gasteiger partial charge >= 0.3 is 5.97 Å². The minimum absolute atomic E-state index is 0.209. The maximum absolute atomic E-state index is 12.6. The van der Waals surface area contributed by atoms with E-state index in [0.29, 0.717) is 22.3 Å². The topological polar surface area (TPSA) is 54.0 Å². The number of esters is 1. The van der Waals surface area contributed by atoms with Crippen LogP contribution in [0.5, 0.6) is 23.0 Å². The van der Waals surface area contributed by atoms with Crippen molar-refractivity contribution in [1.82, 2.24) is 0 Å². The molecule has 0 aliphatic carbocycles. The fourth-order valence-corrected chi connectivity index (χ4v) is 2.10.